The van der Waals surface area contributed by atoms with Crippen LogP contribution in [0.4, 0.5) is 0 Å². The minimum absolute atomic E-state index is 0.322. The molecule has 0 aliphatic carbocycles. The summed E-state index contributed by atoms with van der Waals surface area (Å²) in [5, 5.41) is 4.67. The van der Waals surface area contributed by atoms with Crippen LogP contribution in [0, 0.1) is 5.41 Å². The Balaban J connectivity index is 1.90. The van der Waals surface area contributed by atoms with E-state index >= 15 is 0 Å². The van der Waals surface area contributed by atoms with Crippen molar-refractivity contribution in [3.05, 3.63) is 0 Å². The van der Waals surface area contributed by atoms with Crippen LogP contribution in [0.1, 0.15) is 40.0 Å². The lowest BCUT2D eigenvalue weighted by molar-refractivity contribution is 0.116. The summed E-state index contributed by atoms with van der Waals surface area (Å²) < 4.78 is 5.56. The summed E-state index contributed by atoms with van der Waals surface area (Å²) in [6, 6.07) is 0.456. The van der Waals surface area contributed by atoms with E-state index in [9.17, 15) is 0 Å². The molecule has 0 aromatic rings. The highest BCUT2D eigenvalue weighted by molar-refractivity contribution is 8.13. The lowest BCUT2D eigenvalue weighted by Gasteiger charge is -2.34. The fourth-order valence-electron chi connectivity index (χ4n) is 2.40. The van der Waals surface area contributed by atoms with E-state index in [2.05, 4.69) is 26.1 Å². The molecule has 0 bridgehead atoms. The predicted octanol–water partition coefficient (Wildman–Crippen LogP) is 2.66. The summed E-state index contributed by atoms with van der Waals surface area (Å²) in [6.07, 6.45) is 3.89. The minimum Gasteiger partial charge on any atom is -0.376 e. The molecule has 1 N–H and O–H groups in total. The van der Waals surface area contributed by atoms with E-state index in [4.69, 9.17) is 9.73 Å². The fraction of sp³-hybridized carbons (Fsp3) is 0.923. The van der Waals surface area contributed by atoms with Gasteiger partial charge in [-0.2, -0.15) is 0 Å². The highest BCUT2D eigenvalue weighted by atomic mass is 32.2. The van der Waals surface area contributed by atoms with Gasteiger partial charge < -0.3 is 10.1 Å². The minimum atomic E-state index is 0.322. The molecular weight excluding hydrogens is 232 g/mol. The Hall–Kier alpha value is -0.220. The van der Waals surface area contributed by atoms with Gasteiger partial charge in [0.1, 0.15) is 0 Å². The van der Waals surface area contributed by atoms with Crippen molar-refractivity contribution in [3.63, 3.8) is 0 Å². The van der Waals surface area contributed by atoms with E-state index in [0.717, 1.165) is 24.7 Å². The average Bonchev–Trinajstić information content (AvgIpc) is 2.77. The van der Waals surface area contributed by atoms with E-state index in [1.54, 1.807) is 0 Å². The van der Waals surface area contributed by atoms with Gasteiger partial charge in [-0.1, -0.05) is 25.6 Å². The van der Waals surface area contributed by atoms with Gasteiger partial charge in [-0.05, 0) is 31.6 Å². The van der Waals surface area contributed by atoms with Gasteiger partial charge in [0.05, 0.1) is 12.1 Å². The molecule has 1 saturated heterocycles. The van der Waals surface area contributed by atoms with E-state index in [0.29, 0.717) is 17.6 Å². The lowest BCUT2D eigenvalue weighted by atomic mass is 9.84. The summed E-state index contributed by atoms with van der Waals surface area (Å²) in [4.78, 5) is 4.74. The maximum Gasteiger partial charge on any atom is 0.156 e. The number of hydrogen-bond acceptors (Lipinski definition) is 4. The molecule has 0 amide bonds. The first-order valence-corrected chi connectivity index (χ1v) is 7.73. The lowest BCUT2D eigenvalue weighted by Crippen LogP contribution is -2.41. The van der Waals surface area contributed by atoms with Gasteiger partial charge in [0, 0.05) is 18.9 Å². The zero-order valence-electron chi connectivity index (χ0n) is 11.2. The molecule has 0 aromatic heterocycles. The predicted molar refractivity (Wildman–Crippen MR) is 74.7 cm³/mol. The van der Waals surface area contributed by atoms with Crippen molar-refractivity contribution < 1.29 is 4.74 Å². The summed E-state index contributed by atoms with van der Waals surface area (Å²) in [7, 11) is 0. The van der Waals surface area contributed by atoms with Crippen LogP contribution in [0.3, 0.4) is 0 Å². The molecule has 3 nitrogen and oxygen atoms in total. The molecule has 0 spiro atoms. The zero-order chi connectivity index (χ0) is 12.3. The van der Waals surface area contributed by atoms with Gasteiger partial charge in [0.2, 0.25) is 0 Å². The third kappa shape index (κ3) is 2.97. The quantitative estimate of drug-likeness (QED) is 0.843. The van der Waals surface area contributed by atoms with Crippen LogP contribution >= 0.6 is 11.8 Å². The third-order valence-electron chi connectivity index (χ3n) is 4.26. The third-order valence-corrected chi connectivity index (χ3v) is 5.54. The first-order chi connectivity index (χ1) is 8.19. The van der Waals surface area contributed by atoms with Gasteiger partial charge in [-0.25, -0.2) is 0 Å². The highest BCUT2D eigenvalue weighted by Gasteiger charge is 2.32. The van der Waals surface area contributed by atoms with Crippen molar-refractivity contribution in [1.82, 2.24) is 5.32 Å². The van der Waals surface area contributed by atoms with Crippen molar-refractivity contribution in [3.8, 4) is 0 Å². The number of aliphatic imine (C=N–C) groups is 1. The standard InChI is InChI=1S/C13H24N2OS/c1-4-13(5-2)8-14-12(17-9-13)15-11-6-7-16-10(11)3/h10-11H,4-9H2,1-3H3,(H,14,15). The van der Waals surface area contributed by atoms with Crippen LogP contribution < -0.4 is 5.32 Å². The van der Waals surface area contributed by atoms with Gasteiger partial charge >= 0.3 is 0 Å². The molecule has 2 rings (SSSR count). The topological polar surface area (TPSA) is 33.6 Å². The molecule has 2 unspecified atom stereocenters. The second kappa shape index (κ2) is 5.61. The molecule has 2 aliphatic heterocycles. The molecule has 0 saturated carbocycles. The Bertz CT molecular complexity index is 289. The largest absolute Gasteiger partial charge is 0.376 e. The van der Waals surface area contributed by atoms with Crippen LogP contribution in [0.15, 0.2) is 4.99 Å². The van der Waals surface area contributed by atoms with Crippen molar-refractivity contribution in [2.75, 3.05) is 18.9 Å². The maximum absolute atomic E-state index is 5.56. The smallest absolute Gasteiger partial charge is 0.156 e. The van der Waals surface area contributed by atoms with E-state index in [1.165, 1.54) is 18.6 Å². The average molecular weight is 256 g/mol. The Kier molecular flexibility index (Phi) is 4.36. The SMILES string of the molecule is CCC1(CC)CN=C(NC2CCOC2C)SC1. The molecule has 0 radical (unpaired) electrons. The molecular formula is C13H24N2OS. The Morgan fingerprint density at radius 2 is 2.24 bits per heavy atom. The van der Waals surface area contributed by atoms with Gasteiger partial charge in [0.15, 0.2) is 5.17 Å². The molecule has 4 heteroatoms. The molecule has 2 aliphatic rings. The number of amidine groups is 1. The van der Waals surface area contributed by atoms with Crippen LogP contribution in [-0.2, 0) is 4.74 Å². The first-order valence-electron chi connectivity index (χ1n) is 6.74. The van der Waals surface area contributed by atoms with Crippen molar-refractivity contribution in [1.29, 1.82) is 0 Å². The fourth-order valence-corrected chi connectivity index (χ4v) is 3.73. The summed E-state index contributed by atoms with van der Waals surface area (Å²) in [6.45, 7) is 8.57. The normalized spacial score (nSPS) is 32.3. The van der Waals surface area contributed by atoms with Gasteiger partial charge in [0.25, 0.3) is 0 Å². The molecule has 1 fully saturated rings. The monoisotopic (exact) mass is 256 g/mol. The number of rotatable bonds is 3. The highest BCUT2D eigenvalue weighted by Crippen LogP contribution is 2.35. The van der Waals surface area contributed by atoms with E-state index < -0.39 is 0 Å². The number of nitrogens with zero attached hydrogens (tertiary/aromatic N) is 1. The van der Waals surface area contributed by atoms with Gasteiger partial charge in [-0.3, -0.25) is 4.99 Å². The first kappa shape index (κ1) is 13.2. The number of ether oxygens (including phenoxy) is 1. The van der Waals surface area contributed by atoms with Crippen molar-refractivity contribution >= 4 is 16.9 Å². The van der Waals surface area contributed by atoms with Crippen LogP contribution in [-0.4, -0.2) is 36.2 Å². The second-order valence-electron chi connectivity index (χ2n) is 5.23. The summed E-state index contributed by atoms with van der Waals surface area (Å²) in [5.74, 6) is 1.20. The van der Waals surface area contributed by atoms with Crippen molar-refractivity contribution in [2.24, 2.45) is 10.4 Å². The number of hydrogen-bond donors (Lipinski definition) is 1. The number of nitrogens with one attached hydrogen (secondary N) is 1. The number of thioether (sulfide) groups is 1. The molecule has 17 heavy (non-hydrogen) atoms. The van der Waals surface area contributed by atoms with Gasteiger partial charge in [-0.15, -0.1) is 0 Å². The van der Waals surface area contributed by atoms with Crippen LogP contribution in [0.2, 0.25) is 0 Å². The van der Waals surface area contributed by atoms with Crippen LogP contribution in [0.25, 0.3) is 0 Å². The Morgan fingerprint density at radius 1 is 1.47 bits per heavy atom. The molecule has 98 valence electrons. The van der Waals surface area contributed by atoms with Crippen LogP contribution in [0.5, 0.6) is 0 Å². The zero-order valence-corrected chi connectivity index (χ0v) is 12.0. The summed E-state index contributed by atoms with van der Waals surface area (Å²) >= 11 is 1.89. The van der Waals surface area contributed by atoms with E-state index in [-0.39, 0.29) is 0 Å². The van der Waals surface area contributed by atoms with Crippen molar-refractivity contribution in [2.45, 2.75) is 52.2 Å². The molecule has 2 atom stereocenters. The molecule has 0 aromatic carbocycles. The second-order valence-corrected chi connectivity index (χ2v) is 6.20. The summed E-state index contributed by atoms with van der Waals surface area (Å²) in [5.41, 5.74) is 0.438. The maximum atomic E-state index is 5.56. The molecule has 2 heterocycles. The van der Waals surface area contributed by atoms with E-state index in [1.807, 2.05) is 11.8 Å². The Morgan fingerprint density at radius 3 is 2.71 bits per heavy atom. The Labute approximate surface area is 109 Å².